The van der Waals surface area contributed by atoms with Crippen LogP contribution in [0.4, 0.5) is 0 Å². The van der Waals surface area contributed by atoms with E-state index in [2.05, 4.69) is 35.0 Å². The molecule has 0 N–H and O–H groups in total. The maximum atomic E-state index is 5.21. The van der Waals surface area contributed by atoms with E-state index < -0.39 is 0 Å². The van der Waals surface area contributed by atoms with Gasteiger partial charge >= 0.3 is 0 Å². The number of halogens is 1. The molecular weight excluding hydrogens is 360 g/mol. The summed E-state index contributed by atoms with van der Waals surface area (Å²) in [6, 6.07) is 8.43. The van der Waals surface area contributed by atoms with Gasteiger partial charge in [0.25, 0.3) is 0 Å². The van der Waals surface area contributed by atoms with Crippen LogP contribution in [0, 0.1) is 0 Å². The molecule has 0 saturated carbocycles. The van der Waals surface area contributed by atoms with Gasteiger partial charge in [-0.2, -0.15) is 0 Å². The monoisotopic (exact) mass is 396 g/mol. The first-order valence-electron chi connectivity index (χ1n) is 10.1. The summed E-state index contributed by atoms with van der Waals surface area (Å²) in [6.45, 7) is 2.29. The first-order chi connectivity index (χ1) is 11.8. The molecule has 0 spiro atoms. The van der Waals surface area contributed by atoms with E-state index >= 15 is 0 Å². The molecule has 1 unspecified atom stereocenters. The summed E-state index contributed by atoms with van der Waals surface area (Å²) in [4.78, 5) is 0.478. The van der Waals surface area contributed by atoms with Gasteiger partial charge in [-0.3, -0.25) is 0 Å². The first-order valence-corrected chi connectivity index (χ1v) is 11.0. The quantitative estimate of drug-likeness (QED) is 0.214. The van der Waals surface area contributed by atoms with Crippen LogP contribution in [0.5, 0.6) is 5.75 Å². The van der Waals surface area contributed by atoms with Gasteiger partial charge in [0.05, 0.1) is 7.11 Å². The average Bonchev–Trinajstić information content (AvgIpc) is 2.62. The molecule has 138 valence electrons. The molecule has 1 nitrogen and oxygen atoms in total. The van der Waals surface area contributed by atoms with Crippen LogP contribution in [-0.4, -0.2) is 7.11 Å². The lowest BCUT2D eigenvalue weighted by atomic mass is 10.0. The molecule has 1 rings (SSSR count). The Kier molecular flexibility index (Phi) is 13.3. The topological polar surface area (TPSA) is 9.23 Å². The summed E-state index contributed by atoms with van der Waals surface area (Å²) in [5, 5.41) is 0. The average molecular weight is 397 g/mol. The number of rotatable bonds is 15. The third-order valence-electron chi connectivity index (χ3n) is 4.79. The molecule has 0 bridgehead atoms. The van der Waals surface area contributed by atoms with Crippen LogP contribution in [0.15, 0.2) is 24.3 Å². The predicted molar refractivity (Wildman–Crippen MR) is 110 cm³/mol. The fourth-order valence-corrected chi connectivity index (χ4v) is 3.77. The number of unbranched alkanes of at least 4 members (excludes halogenated alkanes) is 11. The summed E-state index contributed by atoms with van der Waals surface area (Å²) >= 11 is 3.82. The Morgan fingerprint density at radius 1 is 0.750 bits per heavy atom. The van der Waals surface area contributed by atoms with Crippen molar-refractivity contribution in [2.24, 2.45) is 0 Å². The van der Waals surface area contributed by atoms with Crippen molar-refractivity contribution in [3.05, 3.63) is 29.8 Å². The largest absolute Gasteiger partial charge is 0.497 e. The van der Waals surface area contributed by atoms with Crippen LogP contribution in [0.3, 0.4) is 0 Å². The van der Waals surface area contributed by atoms with Gasteiger partial charge in [0.15, 0.2) is 0 Å². The van der Waals surface area contributed by atoms with Gasteiger partial charge in [0, 0.05) is 4.83 Å². The molecule has 0 aliphatic carbocycles. The van der Waals surface area contributed by atoms with Gasteiger partial charge in [-0.05, 0) is 24.1 Å². The highest BCUT2D eigenvalue weighted by Gasteiger charge is 2.07. The van der Waals surface area contributed by atoms with Crippen LogP contribution in [0.2, 0.25) is 0 Å². The van der Waals surface area contributed by atoms with E-state index in [4.69, 9.17) is 4.74 Å². The van der Waals surface area contributed by atoms with Crippen molar-refractivity contribution >= 4 is 15.9 Å². The van der Waals surface area contributed by atoms with Gasteiger partial charge < -0.3 is 4.74 Å². The van der Waals surface area contributed by atoms with Crippen LogP contribution >= 0.6 is 15.9 Å². The molecule has 0 aliphatic rings. The van der Waals surface area contributed by atoms with Crippen LogP contribution in [0.25, 0.3) is 0 Å². The van der Waals surface area contributed by atoms with E-state index in [-0.39, 0.29) is 0 Å². The maximum absolute atomic E-state index is 5.21. The lowest BCUT2D eigenvalue weighted by Gasteiger charge is -2.11. The molecule has 1 atom stereocenters. The Morgan fingerprint density at radius 2 is 1.21 bits per heavy atom. The zero-order valence-electron chi connectivity index (χ0n) is 15.9. The molecule has 24 heavy (non-hydrogen) atoms. The fraction of sp³-hybridized carbons (Fsp3) is 0.727. The number of ether oxygens (including phenoxy) is 1. The molecule has 0 radical (unpaired) electrons. The Labute approximate surface area is 158 Å². The maximum Gasteiger partial charge on any atom is 0.118 e. The molecule has 0 fully saturated rings. The Hall–Kier alpha value is -0.500. The summed E-state index contributed by atoms with van der Waals surface area (Å²) in [7, 11) is 1.72. The van der Waals surface area contributed by atoms with Crippen LogP contribution in [-0.2, 0) is 0 Å². The molecule has 0 amide bonds. The van der Waals surface area contributed by atoms with Gasteiger partial charge in [-0.25, -0.2) is 0 Å². The Balaban J connectivity index is 1.92. The van der Waals surface area contributed by atoms with Crippen molar-refractivity contribution < 1.29 is 4.74 Å². The number of alkyl halides is 1. The highest BCUT2D eigenvalue weighted by atomic mass is 79.9. The van der Waals surface area contributed by atoms with Gasteiger partial charge in [0.1, 0.15) is 5.75 Å². The third kappa shape index (κ3) is 10.4. The highest BCUT2D eigenvalue weighted by molar-refractivity contribution is 9.09. The Bertz CT molecular complexity index is 387. The second-order valence-corrected chi connectivity index (χ2v) is 8.02. The highest BCUT2D eigenvalue weighted by Crippen LogP contribution is 2.30. The number of hydrogen-bond acceptors (Lipinski definition) is 1. The molecular formula is C22H37BrO. The fourth-order valence-electron chi connectivity index (χ4n) is 3.14. The smallest absolute Gasteiger partial charge is 0.118 e. The van der Waals surface area contributed by atoms with E-state index in [1.165, 1.54) is 89.0 Å². The van der Waals surface area contributed by atoms with Crippen molar-refractivity contribution in [1.29, 1.82) is 0 Å². The summed E-state index contributed by atoms with van der Waals surface area (Å²) in [5.41, 5.74) is 1.36. The normalized spacial score (nSPS) is 12.3. The van der Waals surface area contributed by atoms with Crippen LogP contribution < -0.4 is 4.74 Å². The molecule has 0 saturated heterocycles. The first kappa shape index (κ1) is 21.5. The van der Waals surface area contributed by atoms with E-state index in [1.807, 2.05) is 12.1 Å². The van der Waals surface area contributed by atoms with Crippen LogP contribution in [0.1, 0.15) is 101 Å². The number of benzene rings is 1. The van der Waals surface area contributed by atoms with E-state index in [9.17, 15) is 0 Å². The predicted octanol–water partition coefficient (Wildman–Crippen LogP) is 8.22. The van der Waals surface area contributed by atoms with Crippen molar-refractivity contribution in [2.75, 3.05) is 7.11 Å². The number of hydrogen-bond donors (Lipinski definition) is 0. The zero-order valence-corrected chi connectivity index (χ0v) is 17.5. The van der Waals surface area contributed by atoms with Crippen molar-refractivity contribution in [3.8, 4) is 5.75 Å². The molecule has 1 aromatic rings. The minimum Gasteiger partial charge on any atom is -0.497 e. The van der Waals surface area contributed by atoms with E-state index in [0.717, 1.165) is 5.75 Å². The minimum atomic E-state index is 0.478. The second kappa shape index (κ2) is 14.8. The Morgan fingerprint density at radius 3 is 1.67 bits per heavy atom. The lowest BCUT2D eigenvalue weighted by Crippen LogP contribution is -1.91. The van der Waals surface area contributed by atoms with E-state index in [1.54, 1.807) is 7.11 Å². The van der Waals surface area contributed by atoms with Gasteiger partial charge in [0.2, 0.25) is 0 Å². The van der Waals surface area contributed by atoms with Gasteiger partial charge in [-0.15, -0.1) is 0 Å². The molecule has 1 aromatic carbocycles. The third-order valence-corrected chi connectivity index (χ3v) is 5.78. The molecule has 0 aliphatic heterocycles. The summed E-state index contributed by atoms with van der Waals surface area (Å²) in [5.74, 6) is 0.934. The lowest BCUT2D eigenvalue weighted by molar-refractivity contribution is 0.414. The van der Waals surface area contributed by atoms with E-state index in [0.29, 0.717) is 4.83 Å². The molecule has 0 heterocycles. The zero-order chi connectivity index (χ0) is 17.5. The molecule has 2 heteroatoms. The van der Waals surface area contributed by atoms with Crippen molar-refractivity contribution in [2.45, 2.75) is 95.2 Å². The molecule has 0 aromatic heterocycles. The summed E-state index contributed by atoms with van der Waals surface area (Å²) < 4.78 is 5.21. The van der Waals surface area contributed by atoms with Crippen molar-refractivity contribution in [1.82, 2.24) is 0 Å². The van der Waals surface area contributed by atoms with Crippen molar-refractivity contribution in [3.63, 3.8) is 0 Å². The second-order valence-electron chi connectivity index (χ2n) is 6.92. The SMILES string of the molecule is CCCCCCCCCCCCCCC(Br)c1ccc(OC)cc1. The summed E-state index contributed by atoms with van der Waals surface area (Å²) in [6.07, 6.45) is 18.2. The number of methoxy groups -OCH3 is 1. The van der Waals surface area contributed by atoms with Gasteiger partial charge in [-0.1, -0.05) is 112 Å². The minimum absolute atomic E-state index is 0.478. The standard InChI is InChI=1S/C22H37BrO/c1-3-4-5-6-7-8-9-10-11-12-13-14-15-22(23)20-16-18-21(24-2)19-17-20/h16-19,22H,3-15H2,1-2H3.